The summed E-state index contributed by atoms with van der Waals surface area (Å²) in [7, 11) is -0.390. The molecule has 4 nitrogen and oxygen atoms in total. The summed E-state index contributed by atoms with van der Waals surface area (Å²) in [5, 5.41) is 1.98. The van der Waals surface area contributed by atoms with E-state index < -0.39 is 0 Å². The molecule has 6 heteroatoms. The molecule has 0 bridgehead atoms. The molecule has 2 aliphatic rings. The zero-order valence-electron chi connectivity index (χ0n) is 14.0. The van der Waals surface area contributed by atoms with E-state index in [1.54, 1.807) is 0 Å². The highest BCUT2D eigenvalue weighted by Gasteiger charge is 2.52. The number of carbonyl (C=O) groups is 1. The molecule has 1 atom stereocenters. The largest absolute Gasteiger partial charge is 0.495 e. The monoisotopic (exact) mass is 321 g/mol. The van der Waals surface area contributed by atoms with Gasteiger partial charge in [-0.05, 0) is 64.4 Å². The zero-order chi connectivity index (χ0) is 16.1. The van der Waals surface area contributed by atoms with Crippen LogP contribution in [0, 0.1) is 0 Å². The van der Waals surface area contributed by atoms with Gasteiger partial charge in [0.1, 0.15) is 0 Å². The fourth-order valence-electron chi connectivity index (χ4n) is 2.94. The summed E-state index contributed by atoms with van der Waals surface area (Å²) < 4.78 is 12.1. The predicted molar refractivity (Wildman–Crippen MR) is 89.8 cm³/mol. The Balaban J connectivity index is 1.76. The highest BCUT2D eigenvalue weighted by Crippen LogP contribution is 2.36. The summed E-state index contributed by atoms with van der Waals surface area (Å²) >= 11 is 1.48. The van der Waals surface area contributed by atoms with Crippen molar-refractivity contribution in [1.82, 2.24) is 4.90 Å². The Hall–Kier alpha value is -0.845. The molecular formula is C16H24BNO3S. The van der Waals surface area contributed by atoms with Gasteiger partial charge in [0.05, 0.1) is 16.1 Å². The van der Waals surface area contributed by atoms with E-state index >= 15 is 0 Å². The Labute approximate surface area is 136 Å². The maximum absolute atomic E-state index is 12.6. The first kappa shape index (κ1) is 16.0. The molecule has 2 aliphatic heterocycles. The summed E-state index contributed by atoms with van der Waals surface area (Å²) in [4.78, 5) is 15.3. The highest BCUT2D eigenvalue weighted by molar-refractivity contribution is 7.13. The van der Waals surface area contributed by atoms with Crippen molar-refractivity contribution in [3.63, 3.8) is 0 Å². The van der Waals surface area contributed by atoms with Crippen molar-refractivity contribution in [2.24, 2.45) is 0 Å². The van der Waals surface area contributed by atoms with E-state index in [1.807, 2.05) is 44.0 Å². The minimum Gasteiger partial charge on any atom is -0.399 e. The standard InChI is InChI=1S/C16H24BNO3S/c1-11-7-6-8-18(11)14(19)13-9-12(10-22-13)17-20-15(2,3)16(4,5)21-17/h9-11H,6-8H2,1-5H3/t11-/m0/s1. The highest BCUT2D eigenvalue weighted by atomic mass is 32.1. The number of hydrogen-bond acceptors (Lipinski definition) is 4. The van der Waals surface area contributed by atoms with Gasteiger partial charge >= 0.3 is 7.12 Å². The van der Waals surface area contributed by atoms with Crippen LogP contribution in [0.3, 0.4) is 0 Å². The smallest absolute Gasteiger partial charge is 0.399 e. The minimum atomic E-state index is -0.390. The number of rotatable bonds is 2. The van der Waals surface area contributed by atoms with Gasteiger partial charge in [0.15, 0.2) is 0 Å². The maximum Gasteiger partial charge on any atom is 0.495 e. The molecule has 1 amide bonds. The topological polar surface area (TPSA) is 38.8 Å². The molecule has 3 heterocycles. The third kappa shape index (κ3) is 2.61. The molecule has 0 unspecified atom stereocenters. The second kappa shape index (κ2) is 5.36. The SMILES string of the molecule is C[C@H]1CCCN1C(=O)c1cc(B2OC(C)(C)C(C)(C)O2)cs1. The summed E-state index contributed by atoms with van der Waals surface area (Å²) in [5.41, 5.74) is 0.236. The van der Waals surface area contributed by atoms with E-state index in [0.717, 1.165) is 29.7 Å². The van der Waals surface area contributed by atoms with Crippen molar-refractivity contribution in [1.29, 1.82) is 0 Å². The Kier molecular flexibility index (Phi) is 3.90. The third-order valence-electron chi connectivity index (χ3n) is 5.17. The van der Waals surface area contributed by atoms with Crippen LogP contribution in [0.25, 0.3) is 0 Å². The van der Waals surface area contributed by atoms with Gasteiger partial charge in [-0.25, -0.2) is 0 Å². The number of carbonyl (C=O) groups excluding carboxylic acids is 1. The maximum atomic E-state index is 12.6. The molecule has 1 aromatic heterocycles. The molecule has 3 rings (SSSR count). The van der Waals surface area contributed by atoms with Crippen molar-refractivity contribution in [2.75, 3.05) is 6.54 Å². The van der Waals surface area contributed by atoms with Gasteiger partial charge < -0.3 is 14.2 Å². The van der Waals surface area contributed by atoms with Gasteiger partial charge in [-0.2, -0.15) is 0 Å². The van der Waals surface area contributed by atoms with Crippen LogP contribution in [0.5, 0.6) is 0 Å². The van der Waals surface area contributed by atoms with Crippen LogP contribution in [-0.2, 0) is 9.31 Å². The lowest BCUT2D eigenvalue weighted by atomic mass is 9.81. The number of likely N-dealkylation sites (tertiary alicyclic amines) is 1. The van der Waals surface area contributed by atoms with E-state index in [0.29, 0.717) is 6.04 Å². The molecule has 0 spiro atoms. The normalized spacial score (nSPS) is 26.7. The number of hydrogen-bond donors (Lipinski definition) is 0. The average Bonchev–Trinajstić information content (AvgIpc) is 3.08. The van der Waals surface area contributed by atoms with Crippen molar-refractivity contribution in [3.05, 3.63) is 16.3 Å². The molecule has 2 fully saturated rings. The first-order valence-electron chi connectivity index (χ1n) is 7.96. The van der Waals surface area contributed by atoms with Crippen LogP contribution in [-0.4, -0.2) is 41.7 Å². The predicted octanol–water partition coefficient (Wildman–Crippen LogP) is 2.67. The minimum absolute atomic E-state index is 0.137. The molecule has 0 radical (unpaired) electrons. The second-order valence-corrected chi connectivity index (χ2v) is 8.23. The van der Waals surface area contributed by atoms with Gasteiger partial charge in [-0.15, -0.1) is 11.3 Å². The van der Waals surface area contributed by atoms with Crippen LogP contribution in [0.4, 0.5) is 0 Å². The quantitative estimate of drug-likeness (QED) is 0.786. The van der Waals surface area contributed by atoms with Crippen LogP contribution in [0.1, 0.15) is 57.1 Å². The number of thiophene rings is 1. The Morgan fingerprint density at radius 2 is 1.95 bits per heavy atom. The van der Waals surface area contributed by atoms with Gasteiger partial charge in [0.25, 0.3) is 5.91 Å². The van der Waals surface area contributed by atoms with Crippen molar-refractivity contribution in [3.8, 4) is 0 Å². The summed E-state index contributed by atoms with van der Waals surface area (Å²) in [5.74, 6) is 0.137. The lowest BCUT2D eigenvalue weighted by Gasteiger charge is -2.32. The first-order valence-corrected chi connectivity index (χ1v) is 8.84. The van der Waals surface area contributed by atoms with Gasteiger partial charge in [0, 0.05) is 12.6 Å². The fraction of sp³-hybridized carbons (Fsp3) is 0.688. The lowest BCUT2D eigenvalue weighted by molar-refractivity contribution is 0.00578. The van der Waals surface area contributed by atoms with Gasteiger partial charge in [-0.3, -0.25) is 4.79 Å². The second-order valence-electron chi connectivity index (χ2n) is 7.32. The van der Waals surface area contributed by atoms with Gasteiger partial charge in [0.2, 0.25) is 0 Å². The summed E-state index contributed by atoms with van der Waals surface area (Å²) in [6.07, 6.45) is 2.20. The van der Waals surface area contributed by atoms with Crippen molar-refractivity contribution in [2.45, 2.75) is 64.7 Å². The van der Waals surface area contributed by atoms with E-state index in [9.17, 15) is 4.79 Å². The first-order chi connectivity index (χ1) is 10.2. The summed E-state index contributed by atoms with van der Waals surface area (Å²) in [6, 6.07) is 2.27. The van der Waals surface area contributed by atoms with Crippen LogP contribution >= 0.6 is 11.3 Å². The van der Waals surface area contributed by atoms with Crippen molar-refractivity contribution >= 4 is 29.8 Å². The third-order valence-corrected chi connectivity index (χ3v) is 6.11. The molecule has 22 heavy (non-hydrogen) atoms. The molecule has 0 N–H and O–H groups in total. The molecule has 1 aromatic rings. The fourth-order valence-corrected chi connectivity index (χ4v) is 3.81. The molecular weight excluding hydrogens is 297 g/mol. The molecule has 0 saturated carbocycles. The Morgan fingerprint density at radius 1 is 1.32 bits per heavy atom. The lowest BCUT2D eigenvalue weighted by Crippen LogP contribution is -2.41. The Morgan fingerprint density at radius 3 is 2.50 bits per heavy atom. The van der Waals surface area contributed by atoms with Crippen LogP contribution in [0.15, 0.2) is 11.4 Å². The molecule has 2 saturated heterocycles. The van der Waals surface area contributed by atoms with E-state index in [4.69, 9.17) is 9.31 Å². The van der Waals surface area contributed by atoms with Crippen LogP contribution in [0.2, 0.25) is 0 Å². The average molecular weight is 321 g/mol. The van der Waals surface area contributed by atoms with E-state index in [-0.39, 0.29) is 24.2 Å². The Bertz CT molecular complexity index is 568. The van der Waals surface area contributed by atoms with Crippen molar-refractivity contribution < 1.29 is 14.1 Å². The van der Waals surface area contributed by atoms with E-state index in [1.165, 1.54) is 11.3 Å². The summed E-state index contributed by atoms with van der Waals surface area (Å²) in [6.45, 7) is 11.1. The number of amides is 1. The van der Waals surface area contributed by atoms with E-state index in [2.05, 4.69) is 6.92 Å². The molecule has 0 aromatic carbocycles. The van der Waals surface area contributed by atoms with Crippen LogP contribution < -0.4 is 5.46 Å². The molecule has 120 valence electrons. The zero-order valence-corrected chi connectivity index (χ0v) is 14.8. The molecule has 0 aliphatic carbocycles. The number of nitrogens with zero attached hydrogens (tertiary/aromatic N) is 1. The van der Waals surface area contributed by atoms with Gasteiger partial charge in [-0.1, -0.05) is 0 Å².